The van der Waals surface area contributed by atoms with Crippen molar-refractivity contribution in [1.82, 2.24) is 0 Å². The molecule has 1 saturated heterocycles. The molecule has 1 aromatic carbocycles. The van der Waals surface area contributed by atoms with Gasteiger partial charge in [0.25, 0.3) is 0 Å². The van der Waals surface area contributed by atoms with Gasteiger partial charge >= 0.3 is 5.97 Å². The lowest BCUT2D eigenvalue weighted by molar-refractivity contribution is -0.164. The Labute approximate surface area is 129 Å². The molecule has 1 heterocycles. The van der Waals surface area contributed by atoms with Crippen molar-refractivity contribution in [3.8, 4) is 5.75 Å². The summed E-state index contributed by atoms with van der Waals surface area (Å²) >= 11 is 0. The second kappa shape index (κ2) is 5.79. The zero-order valence-corrected chi connectivity index (χ0v) is 13.0. The van der Waals surface area contributed by atoms with Crippen molar-refractivity contribution < 1.29 is 23.9 Å². The SMILES string of the molecule is COc1ccc(N2C(=O)[C@H](C=O)[C@H]2C(=O)OC(C)(C)C)cc1. The molecule has 0 spiro atoms. The molecule has 2 rings (SSSR count). The van der Waals surface area contributed by atoms with Gasteiger partial charge in [-0.2, -0.15) is 0 Å². The van der Waals surface area contributed by atoms with Crippen LogP contribution >= 0.6 is 0 Å². The number of esters is 1. The Morgan fingerprint density at radius 3 is 2.27 bits per heavy atom. The second-order valence-corrected chi connectivity index (χ2v) is 6.05. The molecule has 0 N–H and O–H groups in total. The monoisotopic (exact) mass is 305 g/mol. The van der Waals surface area contributed by atoms with Crippen molar-refractivity contribution in [2.75, 3.05) is 12.0 Å². The topological polar surface area (TPSA) is 72.9 Å². The Morgan fingerprint density at radius 1 is 1.23 bits per heavy atom. The average Bonchev–Trinajstić information content (AvgIpc) is 2.44. The van der Waals surface area contributed by atoms with Crippen LogP contribution < -0.4 is 9.64 Å². The third kappa shape index (κ3) is 2.95. The van der Waals surface area contributed by atoms with E-state index in [1.165, 1.54) is 12.0 Å². The van der Waals surface area contributed by atoms with Gasteiger partial charge in [0.1, 0.15) is 23.6 Å². The number of hydrogen-bond acceptors (Lipinski definition) is 5. The van der Waals surface area contributed by atoms with Gasteiger partial charge in [0.2, 0.25) is 5.91 Å². The van der Waals surface area contributed by atoms with Gasteiger partial charge in [-0.15, -0.1) is 0 Å². The molecule has 0 bridgehead atoms. The molecule has 22 heavy (non-hydrogen) atoms. The maximum atomic E-state index is 12.3. The molecule has 6 heteroatoms. The fourth-order valence-electron chi connectivity index (χ4n) is 2.29. The van der Waals surface area contributed by atoms with Gasteiger partial charge < -0.3 is 14.3 Å². The van der Waals surface area contributed by atoms with E-state index >= 15 is 0 Å². The zero-order chi connectivity index (χ0) is 16.5. The molecule has 1 fully saturated rings. The first-order chi connectivity index (χ1) is 10.3. The van der Waals surface area contributed by atoms with Crippen LogP contribution in [-0.4, -0.2) is 36.9 Å². The van der Waals surface area contributed by atoms with Crippen molar-refractivity contribution in [1.29, 1.82) is 0 Å². The number of hydrogen-bond donors (Lipinski definition) is 0. The van der Waals surface area contributed by atoms with Crippen LogP contribution in [0.5, 0.6) is 5.75 Å². The molecule has 1 aromatic rings. The summed E-state index contributed by atoms with van der Waals surface area (Å²) < 4.78 is 10.4. The van der Waals surface area contributed by atoms with Gasteiger partial charge in [0.05, 0.1) is 7.11 Å². The first-order valence-corrected chi connectivity index (χ1v) is 6.94. The molecular formula is C16H19NO5. The van der Waals surface area contributed by atoms with Crippen LogP contribution in [0.3, 0.4) is 0 Å². The number of β-lactam (4-membered cyclic amide) rings is 1. The highest BCUT2D eigenvalue weighted by Gasteiger charge is 2.53. The molecule has 0 aromatic heterocycles. The summed E-state index contributed by atoms with van der Waals surface area (Å²) in [7, 11) is 1.54. The molecule has 1 amide bonds. The molecular weight excluding hydrogens is 286 g/mol. The Bertz CT molecular complexity index is 588. The Morgan fingerprint density at radius 2 is 1.82 bits per heavy atom. The molecule has 0 radical (unpaired) electrons. The van der Waals surface area contributed by atoms with Gasteiger partial charge in [0, 0.05) is 5.69 Å². The number of rotatable bonds is 4. The average molecular weight is 305 g/mol. The number of aldehydes is 1. The first kappa shape index (κ1) is 16.0. The maximum Gasteiger partial charge on any atom is 0.331 e. The minimum atomic E-state index is -0.989. The quantitative estimate of drug-likeness (QED) is 0.365. The molecule has 0 unspecified atom stereocenters. The highest BCUT2D eigenvalue weighted by molar-refractivity contribution is 6.17. The summed E-state index contributed by atoms with van der Waals surface area (Å²) in [6.07, 6.45) is 0.497. The Kier molecular flexibility index (Phi) is 4.21. The van der Waals surface area contributed by atoms with Gasteiger partial charge in [-0.25, -0.2) is 4.79 Å². The lowest BCUT2D eigenvalue weighted by Gasteiger charge is -2.43. The Balaban J connectivity index is 2.26. The van der Waals surface area contributed by atoms with Crippen LogP contribution in [0.1, 0.15) is 20.8 Å². The lowest BCUT2D eigenvalue weighted by atomic mass is 9.87. The zero-order valence-electron chi connectivity index (χ0n) is 13.0. The van der Waals surface area contributed by atoms with Crippen LogP contribution in [0, 0.1) is 5.92 Å². The third-order valence-corrected chi connectivity index (χ3v) is 3.29. The fraction of sp³-hybridized carbons (Fsp3) is 0.438. The van der Waals surface area contributed by atoms with Crippen LogP contribution in [0.4, 0.5) is 5.69 Å². The largest absolute Gasteiger partial charge is 0.497 e. The number of ether oxygens (including phenoxy) is 2. The normalized spacial score (nSPS) is 21.1. The van der Waals surface area contributed by atoms with E-state index in [2.05, 4.69) is 0 Å². The van der Waals surface area contributed by atoms with Gasteiger partial charge in [-0.05, 0) is 45.0 Å². The Hall–Kier alpha value is -2.37. The van der Waals surface area contributed by atoms with E-state index in [0.29, 0.717) is 17.7 Å². The predicted molar refractivity (Wildman–Crippen MR) is 79.7 cm³/mol. The second-order valence-electron chi connectivity index (χ2n) is 6.05. The summed E-state index contributed by atoms with van der Waals surface area (Å²) in [6.45, 7) is 5.21. The van der Waals surface area contributed by atoms with Crippen molar-refractivity contribution in [3.05, 3.63) is 24.3 Å². The van der Waals surface area contributed by atoms with Crippen LogP contribution in [0.2, 0.25) is 0 Å². The predicted octanol–water partition coefficient (Wildman–Crippen LogP) is 1.57. The first-order valence-electron chi connectivity index (χ1n) is 6.94. The summed E-state index contributed by atoms with van der Waals surface area (Å²) in [5.41, 5.74) is -0.158. The van der Waals surface area contributed by atoms with E-state index in [-0.39, 0.29) is 0 Å². The van der Waals surface area contributed by atoms with Crippen molar-refractivity contribution in [2.24, 2.45) is 5.92 Å². The fourth-order valence-corrected chi connectivity index (χ4v) is 2.29. The van der Waals surface area contributed by atoms with Crippen LogP contribution in [0.25, 0.3) is 0 Å². The van der Waals surface area contributed by atoms with E-state index in [1.54, 1.807) is 45.0 Å². The standard InChI is InChI=1S/C16H19NO5/c1-16(2,3)22-15(20)13-12(9-18)14(19)17(13)10-5-7-11(21-4)8-6-10/h5-9,12-13H,1-4H3/t12-,13+/m1/s1. The van der Waals surface area contributed by atoms with E-state index in [1.807, 2.05) is 0 Å². The lowest BCUT2D eigenvalue weighted by Crippen LogP contribution is -2.66. The highest BCUT2D eigenvalue weighted by Crippen LogP contribution is 2.34. The van der Waals surface area contributed by atoms with Crippen LogP contribution in [-0.2, 0) is 19.1 Å². The smallest absolute Gasteiger partial charge is 0.331 e. The molecule has 2 atom stereocenters. The number of benzene rings is 1. The van der Waals surface area contributed by atoms with Gasteiger partial charge in [0.15, 0.2) is 6.04 Å². The summed E-state index contributed by atoms with van der Waals surface area (Å²) in [5.74, 6) is -1.34. The van der Waals surface area contributed by atoms with Crippen molar-refractivity contribution in [2.45, 2.75) is 32.4 Å². The number of nitrogens with zero attached hydrogens (tertiary/aromatic N) is 1. The number of carbonyl (C=O) groups is 3. The van der Waals surface area contributed by atoms with E-state index in [0.717, 1.165) is 0 Å². The van der Waals surface area contributed by atoms with E-state index in [4.69, 9.17) is 9.47 Å². The van der Waals surface area contributed by atoms with Crippen molar-refractivity contribution >= 4 is 23.9 Å². The summed E-state index contributed by atoms with van der Waals surface area (Å²) in [5, 5.41) is 0. The van der Waals surface area contributed by atoms with E-state index < -0.39 is 29.4 Å². The summed E-state index contributed by atoms with van der Waals surface area (Å²) in [4.78, 5) is 36.7. The number of amides is 1. The molecule has 1 aliphatic rings. The number of anilines is 1. The molecule has 0 aliphatic carbocycles. The van der Waals surface area contributed by atoms with Gasteiger partial charge in [-0.3, -0.25) is 9.69 Å². The third-order valence-electron chi connectivity index (χ3n) is 3.29. The highest BCUT2D eigenvalue weighted by atomic mass is 16.6. The van der Waals surface area contributed by atoms with Crippen LogP contribution in [0.15, 0.2) is 24.3 Å². The van der Waals surface area contributed by atoms with E-state index in [9.17, 15) is 14.4 Å². The van der Waals surface area contributed by atoms with Gasteiger partial charge in [-0.1, -0.05) is 0 Å². The molecule has 1 aliphatic heterocycles. The minimum Gasteiger partial charge on any atom is -0.497 e. The minimum absolute atomic E-state index is 0.406. The summed E-state index contributed by atoms with van der Waals surface area (Å²) in [6, 6.07) is 5.77. The van der Waals surface area contributed by atoms with Crippen molar-refractivity contribution in [3.63, 3.8) is 0 Å². The molecule has 118 valence electrons. The number of carbonyl (C=O) groups excluding carboxylic acids is 3. The molecule has 0 saturated carbocycles. The maximum absolute atomic E-state index is 12.3. The molecule has 6 nitrogen and oxygen atoms in total. The number of methoxy groups -OCH3 is 1.